The quantitative estimate of drug-likeness (QED) is 0.482. The molecule has 6 rings (SSSR count). The molecule has 3 aromatic heterocycles. The standard InChI is InChI=1S/C22H19ClN8O2/c1-3-6-30-14-5-4-12(23)7-13(14)22(21(30)33)8-15(32)28-19-16(22)11(2)29-31(19)20-17-18(25-9-24-17)26-10-27-20/h4-5,7,9-10H,3,6,8H2,1-2H3,(H,28,32)(H,24,25,26,27). The van der Waals surface area contributed by atoms with Crippen LogP contribution in [0.25, 0.3) is 17.0 Å². The van der Waals surface area contributed by atoms with Crippen molar-refractivity contribution in [1.82, 2.24) is 29.7 Å². The van der Waals surface area contributed by atoms with Gasteiger partial charge in [-0.05, 0) is 37.1 Å². The molecule has 2 N–H and O–H groups in total. The third kappa shape index (κ3) is 2.55. The highest BCUT2D eigenvalue weighted by Crippen LogP contribution is 2.54. The third-order valence-corrected chi connectivity index (χ3v) is 6.58. The number of H-pyrrole nitrogens is 1. The molecule has 5 heterocycles. The zero-order chi connectivity index (χ0) is 22.9. The van der Waals surface area contributed by atoms with Crippen molar-refractivity contribution < 1.29 is 9.59 Å². The van der Waals surface area contributed by atoms with Gasteiger partial charge in [-0.1, -0.05) is 18.5 Å². The van der Waals surface area contributed by atoms with Crippen LogP contribution in [0.15, 0.2) is 30.9 Å². The molecule has 1 spiro atoms. The zero-order valence-corrected chi connectivity index (χ0v) is 18.6. The molecule has 2 aliphatic rings. The lowest BCUT2D eigenvalue weighted by atomic mass is 9.70. The van der Waals surface area contributed by atoms with Crippen molar-refractivity contribution in [1.29, 1.82) is 0 Å². The van der Waals surface area contributed by atoms with Gasteiger partial charge in [0.15, 0.2) is 11.5 Å². The fourth-order valence-electron chi connectivity index (χ4n) is 5.12. The van der Waals surface area contributed by atoms with E-state index in [2.05, 4.69) is 25.3 Å². The fourth-order valence-corrected chi connectivity index (χ4v) is 5.30. The minimum atomic E-state index is -1.21. The summed E-state index contributed by atoms with van der Waals surface area (Å²) in [5.74, 6) is 0.420. The number of carbonyl (C=O) groups is 2. The van der Waals surface area contributed by atoms with Gasteiger partial charge in [-0.25, -0.2) is 15.0 Å². The molecule has 4 aromatic rings. The van der Waals surface area contributed by atoms with E-state index in [0.29, 0.717) is 45.6 Å². The number of nitrogens with one attached hydrogen (secondary N) is 2. The molecule has 11 heteroatoms. The minimum absolute atomic E-state index is 0.0256. The Balaban J connectivity index is 1.66. The molecule has 0 fully saturated rings. The molecule has 10 nitrogen and oxygen atoms in total. The summed E-state index contributed by atoms with van der Waals surface area (Å²) in [6.45, 7) is 4.39. The van der Waals surface area contributed by atoms with Crippen molar-refractivity contribution in [3.63, 3.8) is 0 Å². The summed E-state index contributed by atoms with van der Waals surface area (Å²) in [6, 6.07) is 5.41. The Bertz CT molecular complexity index is 1470. The molecule has 0 radical (unpaired) electrons. The van der Waals surface area contributed by atoms with Crippen molar-refractivity contribution in [2.45, 2.75) is 32.1 Å². The number of hydrogen-bond acceptors (Lipinski definition) is 6. The smallest absolute Gasteiger partial charge is 0.242 e. The van der Waals surface area contributed by atoms with Crippen LogP contribution in [0, 0.1) is 6.92 Å². The minimum Gasteiger partial charge on any atom is -0.340 e. The lowest BCUT2D eigenvalue weighted by Gasteiger charge is -2.33. The second kappa shape index (κ2) is 6.85. The van der Waals surface area contributed by atoms with E-state index >= 15 is 0 Å². The first kappa shape index (κ1) is 19.9. The van der Waals surface area contributed by atoms with Gasteiger partial charge in [0.05, 0.1) is 12.0 Å². The van der Waals surface area contributed by atoms with Gasteiger partial charge in [0.25, 0.3) is 0 Å². The van der Waals surface area contributed by atoms with Crippen LogP contribution in [-0.2, 0) is 15.0 Å². The van der Waals surface area contributed by atoms with Crippen LogP contribution in [0.1, 0.15) is 36.6 Å². The van der Waals surface area contributed by atoms with Gasteiger partial charge in [-0.15, -0.1) is 0 Å². The van der Waals surface area contributed by atoms with Crippen LogP contribution in [0.3, 0.4) is 0 Å². The van der Waals surface area contributed by atoms with Gasteiger partial charge in [0.1, 0.15) is 23.1 Å². The summed E-state index contributed by atoms with van der Waals surface area (Å²) in [5.41, 5.74) is 2.61. The number of nitrogens with zero attached hydrogens (tertiary/aromatic N) is 6. The molecule has 166 valence electrons. The molecule has 1 unspecified atom stereocenters. The maximum atomic E-state index is 14.0. The van der Waals surface area contributed by atoms with Gasteiger partial charge >= 0.3 is 0 Å². The summed E-state index contributed by atoms with van der Waals surface area (Å²) in [5, 5.41) is 8.14. The summed E-state index contributed by atoms with van der Waals surface area (Å²) in [4.78, 5) is 44.6. The molecule has 1 atom stereocenters. The van der Waals surface area contributed by atoms with Crippen molar-refractivity contribution in [3.05, 3.63) is 52.7 Å². The number of rotatable bonds is 3. The number of halogens is 1. The molecule has 0 bridgehead atoms. The second-order valence-corrected chi connectivity index (χ2v) is 8.70. The maximum absolute atomic E-state index is 14.0. The van der Waals surface area contributed by atoms with E-state index in [0.717, 1.165) is 17.7 Å². The first-order valence-corrected chi connectivity index (χ1v) is 11.0. The van der Waals surface area contributed by atoms with E-state index in [4.69, 9.17) is 16.7 Å². The summed E-state index contributed by atoms with van der Waals surface area (Å²) < 4.78 is 1.55. The lowest BCUT2D eigenvalue weighted by Crippen LogP contribution is -2.47. The van der Waals surface area contributed by atoms with Crippen molar-refractivity contribution in [2.75, 3.05) is 16.8 Å². The van der Waals surface area contributed by atoms with E-state index in [9.17, 15) is 9.59 Å². The predicted octanol–water partition coefficient (Wildman–Crippen LogP) is 2.89. The Kier molecular flexibility index (Phi) is 4.12. The van der Waals surface area contributed by atoms with Crippen LogP contribution >= 0.6 is 11.6 Å². The zero-order valence-electron chi connectivity index (χ0n) is 17.9. The van der Waals surface area contributed by atoms with E-state index in [1.807, 2.05) is 19.9 Å². The monoisotopic (exact) mass is 462 g/mol. The fraction of sp³-hybridized carbons (Fsp3) is 0.273. The lowest BCUT2D eigenvalue weighted by molar-refractivity contribution is -0.126. The Hall–Kier alpha value is -3.79. The summed E-state index contributed by atoms with van der Waals surface area (Å²) >= 11 is 6.38. The molecule has 1 aromatic carbocycles. The molecule has 33 heavy (non-hydrogen) atoms. The van der Waals surface area contributed by atoms with Crippen LogP contribution in [-0.4, -0.2) is 48.1 Å². The molecular formula is C22H19ClN8O2. The SMILES string of the molecule is CCCN1C(=O)C2(CC(=O)Nc3c2c(C)nn3-c2ncnc3nc[nH]c23)c2cc(Cl)ccc21. The first-order chi connectivity index (χ1) is 16.0. The maximum Gasteiger partial charge on any atom is 0.242 e. The molecule has 0 saturated carbocycles. The van der Waals surface area contributed by atoms with Gasteiger partial charge in [0.2, 0.25) is 11.8 Å². The number of aromatic amines is 1. The number of benzene rings is 1. The number of carbonyl (C=O) groups excluding carboxylic acids is 2. The third-order valence-electron chi connectivity index (χ3n) is 6.34. The molecule has 0 aliphatic carbocycles. The predicted molar refractivity (Wildman–Crippen MR) is 122 cm³/mol. The normalized spacial score (nSPS) is 19.3. The van der Waals surface area contributed by atoms with Gasteiger partial charge in [0, 0.05) is 29.2 Å². The number of hydrogen-bond donors (Lipinski definition) is 2. The first-order valence-electron chi connectivity index (χ1n) is 10.6. The number of imidazole rings is 1. The van der Waals surface area contributed by atoms with Gasteiger partial charge in [-0.2, -0.15) is 9.78 Å². The average molecular weight is 463 g/mol. The van der Waals surface area contributed by atoms with E-state index in [1.165, 1.54) is 12.7 Å². The van der Waals surface area contributed by atoms with Crippen LogP contribution < -0.4 is 10.2 Å². The molecular weight excluding hydrogens is 444 g/mol. The summed E-state index contributed by atoms with van der Waals surface area (Å²) in [6.07, 6.45) is 3.66. The highest BCUT2D eigenvalue weighted by atomic mass is 35.5. The molecule has 0 saturated heterocycles. The van der Waals surface area contributed by atoms with Crippen LogP contribution in [0.5, 0.6) is 0 Å². The highest BCUT2D eigenvalue weighted by Gasteiger charge is 2.58. The van der Waals surface area contributed by atoms with E-state index in [1.54, 1.807) is 21.7 Å². The van der Waals surface area contributed by atoms with Crippen LogP contribution in [0.2, 0.25) is 5.02 Å². The number of fused-ring (bicyclic) bond motifs is 5. The Morgan fingerprint density at radius 1 is 1.21 bits per heavy atom. The largest absolute Gasteiger partial charge is 0.340 e. The summed E-state index contributed by atoms with van der Waals surface area (Å²) in [7, 11) is 0. The Morgan fingerprint density at radius 2 is 2.06 bits per heavy atom. The van der Waals surface area contributed by atoms with Gasteiger partial charge in [-0.3, -0.25) is 9.59 Å². The van der Waals surface area contributed by atoms with Crippen LogP contribution in [0.4, 0.5) is 11.5 Å². The number of aromatic nitrogens is 6. The van der Waals surface area contributed by atoms with E-state index in [-0.39, 0.29) is 18.2 Å². The number of anilines is 2. The Labute approximate surface area is 193 Å². The van der Waals surface area contributed by atoms with Crippen molar-refractivity contribution >= 4 is 46.1 Å². The molecule has 2 amide bonds. The van der Waals surface area contributed by atoms with Gasteiger partial charge < -0.3 is 15.2 Å². The molecule has 2 aliphatic heterocycles. The van der Waals surface area contributed by atoms with E-state index < -0.39 is 5.41 Å². The average Bonchev–Trinajstić information content (AvgIpc) is 3.46. The number of amides is 2. The van der Waals surface area contributed by atoms with Crippen molar-refractivity contribution in [2.24, 2.45) is 0 Å². The van der Waals surface area contributed by atoms with Crippen molar-refractivity contribution in [3.8, 4) is 5.82 Å². The topological polar surface area (TPSA) is 122 Å². The second-order valence-electron chi connectivity index (χ2n) is 8.27. The Morgan fingerprint density at radius 3 is 2.88 bits per heavy atom. The highest BCUT2D eigenvalue weighted by molar-refractivity contribution is 6.31. The number of aryl methyl sites for hydroxylation is 1.